The second-order valence-corrected chi connectivity index (χ2v) is 12.8. The number of carbonyl (C=O) groups is 1. The van der Waals surface area contributed by atoms with Crippen LogP contribution in [0.4, 0.5) is 15.9 Å². The Morgan fingerprint density at radius 2 is 1.91 bits per heavy atom. The molecule has 0 saturated carbocycles. The van der Waals surface area contributed by atoms with Crippen molar-refractivity contribution in [2.75, 3.05) is 36.5 Å². The molecule has 0 bridgehead atoms. The third-order valence-corrected chi connectivity index (χ3v) is 8.65. The van der Waals surface area contributed by atoms with Gasteiger partial charge in [-0.05, 0) is 48.7 Å². The Kier molecular flexibility index (Phi) is 7.78. The van der Waals surface area contributed by atoms with Crippen LogP contribution in [0.15, 0.2) is 64.9 Å². The number of anilines is 2. The Balaban J connectivity index is 1.88. The van der Waals surface area contributed by atoms with E-state index in [1.807, 2.05) is 25.7 Å². The monoisotopic (exact) mass is 605 g/mol. The van der Waals surface area contributed by atoms with Crippen molar-refractivity contribution in [1.29, 1.82) is 0 Å². The van der Waals surface area contributed by atoms with Gasteiger partial charge in [-0.3, -0.25) is 9.78 Å². The molecule has 224 valence electrons. The summed E-state index contributed by atoms with van der Waals surface area (Å²) in [6, 6.07) is 8.85. The predicted octanol–water partition coefficient (Wildman–Crippen LogP) is 3.31. The molecular weight excluding hydrogens is 573 g/mol. The molecule has 1 fully saturated rings. The van der Waals surface area contributed by atoms with E-state index in [-0.39, 0.29) is 62.4 Å². The minimum Gasteiger partial charge on any atom is -0.397 e. The van der Waals surface area contributed by atoms with E-state index in [9.17, 15) is 18.0 Å². The lowest BCUT2D eigenvalue weighted by Crippen LogP contribution is -2.54. The zero-order chi connectivity index (χ0) is 31.2. The van der Waals surface area contributed by atoms with Crippen LogP contribution in [-0.4, -0.2) is 70.7 Å². The highest BCUT2D eigenvalue weighted by molar-refractivity contribution is 7.90. The minimum atomic E-state index is -3.83. The fourth-order valence-electron chi connectivity index (χ4n) is 5.45. The van der Waals surface area contributed by atoms with Gasteiger partial charge in [-0.1, -0.05) is 32.6 Å². The molecule has 5 rings (SSSR count). The standard InChI is InChI=1S/C30H32FN7O4S/c1-6-24(39)36-13-14-37(18(4)16-36)28-20-15-21(31)25(26-22(32)10-8-12-33-26)34-29(20)38(30(40)35-28)27-19(17(2)3)9-7-11-23(27)43(5,41)42/h6-12,15,17-18H,1,13-14,16,32H2,2-5H3/t18-/m0/s1. The van der Waals surface area contributed by atoms with Crippen molar-refractivity contribution in [3.63, 3.8) is 0 Å². The van der Waals surface area contributed by atoms with Crippen LogP contribution in [0.2, 0.25) is 0 Å². The summed E-state index contributed by atoms with van der Waals surface area (Å²) in [6.07, 6.45) is 3.75. The Hall–Kier alpha value is -4.65. The summed E-state index contributed by atoms with van der Waals surface area (Å²) in [4.78, 5) is 42.9. The van der Waals surface area contributed by atoms with Gasteiger partial charge in [0.15, 0.2) is 21.3 Å². The summed E-state index contributed by atoms with van der Waals surface area (Å²) in [5, 5.41) is 0.184. The Morgan fingerprint density at radius 1 is 1.16 bits per heavy atom. The van der Waals surface area contributed by atoms with Gasteiger partial charge >= 0.3 is 5.69 Å². The Bertz CT molecular complexity index is 1940. The maximum atomic E-state index is 15.9. The molecule has 11 nitrogen and oxygen atoms in total. The highest BCUT2D eigenvalue weighted by Gasteiger charge is 2.31. The lowest BCUT2D eigenvalue weighted by Gasteiger charge is -2.40. The fourth-order valence-corrected chi connectivity index (χ4v) is 6.34. The fraction of sp³-hybridized carbons (Fsp3) is 0.300. The third-order valence-electron chi connectivity index (χ3n) is 7.53. The van der Waals surface area contributed by atoms with Crippen molar-refractivity contribution in [2.45, 2.75) is 37.6 Å². The van der Waals surface area contributed by atoms with Gasteiger partial charge < -0.3 is 15.5 Å². The topological polar surface area (TPSA) is 144 Å². The maximum Gasteiger partial charge on any atom is 0.355 e. The smallest absolute Gasteiger partial charge is 0.355 e. The summed E-state index contributed by atoms with van der Waals surface area (Å²) in [7, 11) is -3.83. The van der Waals surface area contributed by atoms with E-state index in [1.165, 1.54) is 24.4 Å². The second-order valence-electron chi connectivity index (χ2n) is 10.8. The molecular formula is C30H32FN7O4S. The minimum absolute atomic E-state index is 0.00810. The third kappa shape index (κ3) is 5.36. The number of para-hydroxylation sites is 1. The van der Waals surface area contributed by atoms with Gasteiger partial charge in [0.1, 0.15) is 17.2 Å². The van der Waals surface area contributed by atoms with Crippen molar-refractivity contribution in [3.8, 4) is 17.1 Å². The van der Waals surface area contributed by atoms with E-state index in [2.05, 4.69) is 21.5 Å². The summed E-state index contributed by atoms with van der Waals surface area (Å²) in [5.74, 6) is -0.993. The van der Waals surface area contributed by atoms with Crippen LogP contribution in [0.3, 0.4) is 0 Å². The van der Waals surface area contributed by atoms with Crippen LogP contribution >= 0.6 is 0 Å². The Labute approximate surface area is 248 Å². The number of nitrogens with two attached hydrogens (primary N) is 1. The average molecular weight is 606 g/mol. The largest absolute Gasteiger partial charge is 0.397 e. The number of amides is 1. The number of nitrogens with zero attached hydrogens (tertiary/aromatic N) is 6. The van der Waals surface area contributed by atoms with Gasteiger partial charge in [-0.2, -0.15) is 4.98 Å². The number of aromatic nitrogens is 4. The lowest BCUT2D eigenvalue weighted by molar-refractivity contribution is -0.126. The molecule has 0 aliphatic carbocycles. The van der Waals surface area contributed by atoms with Crippen molar-refractivity contribution < 1.29 is 17.6 Å². The van der Waals surface area contributed by atoms with Crippen LogP contribution in [0.5, 0.6) is 0 Å². The van der Waals surface area contributed by atoms with Gasteiger partial charge in [-0.25, -0.2) is 27.2 Å². The number of hydrogen-bond acceptors (Lipinski definition) is 9. The molecule has 0 unspecified atom stereocenters. The van der Waals surface area contributed by atoms with Gasteiger partial charge in [0, 0.05) is 38.1 Å². The SMILES string of the molecule is C=CC(=O)N1CCN(c2nc(=O)n(-c3c(C(C)C)cccc3S(C)(=O)=O)c3nc(-c4ncccc4N)c(F)cc23)[C@@H](C)C1. The summed E-state index contributed by atoms with van der Waals surface area (Å²) in [6.45, 7) is 10.1. The van der Waals surface area contributed by atoms with Crippen LogP contribution in [-0.2, 0) is 14.6 Å². The lowest BCUT2D eigenvalue weighted by atomic mass is 10.0. The van der Waals surface area contributed by atoms with Crippen LogP contribution in [0.1, 0.15) is 32.3 Å². The first-order valence-corrected chi connectivity index (χ1v) is 15.6. The molecule has 3 aromatic heterocycles. The maximum absolute atomic E-state index is 15.9. The highest BCUT2D eigenvalue weighted by atomic mass is 32.2. The van der Waals surface area contributed by atoms with Crippen LogP contribution < -0.4 is 16.3 Å². The molecule has 0 spiro atoms. The van der Waals surface area contributed by atoms with Crippen molar-refractivity contribution in [2.24, 2.45) is 0 Å². The molecule has 1 aromatic carbocycles. The molecule has 0 radical (unpaired) electrons. The van der Waals surface area contributed by atoms with Crippen molar-refractivity contribution in [1.82, 2.24) is 24.4 Å². The number of benzene rings is 1. The first-order valence-electron chi connectivity index (χ1n) is 13.7. The Morgan fingerprint density at radius 3 is 2.53 bits per heavy atom. The number of nitrogen functional groups attached to an aromatic ring is 1. The average Bonchev–Trinajstić information content (AvgIpc) is 2.96. The molecule has 4 aromatic rings. The normalized spacial score (nSPS) is 15.7. The number of carbonyl (C=O) groups excluding carboxylic acids is 1. The predicted molar refractivity (Wildman–Crippen MR) is 164 cm³/mol. The van der Waals surface area contributed by atoms with Crippen LogP contribution in [0, 0.1) is 5.82 Å². The van der Waals surface area contributed by atoms with Gasteiger partial charge in [-0.15, -0.1) is 0 Å². The summed E-state index contributed by atoms with van der Waals surface area (Å²) >= 11 is 0. The number of hydrogen-bond donors (Lipinski definition) is 1. The van der Waals surface area contributed by atoms with E-state index in [4.69, 9.17) is 5.73 Å². The molecule has 2 N–H and O–H groups in total. The quantitative estimate of drug-likeness (QED) is 0.327. The highest BCUT2D eigenvalue weighted by Crippen LogP contribution is 2.35. The first-order chi connectivity index (χ1) is 20.3. The zero-order valence-corrected chi connectivity index (χ0v) is 25.1. The second kappa shape index (κ2) is 11.2. The molecule has 1 aliphatic heterocycles. The van der Waals surface area contributed by atoms with Gasteiger partial charge in [0.05, 0.1) is 21.7 Å². The van der Waals surface area contributed by atoms with E-state index < -0.39 is 21.3 Å². The molecule has 1 amide bonds. The number of piperazine rings is 1. The molecule has 13 heteroatoms. The van der Waals surface area contributed by atoms with Crippen molar-refractivity contribution in [3.05, 3.63) is 77.1 Å². The van der Waals surface area contributed by atoms with Crippen molar-refractivity contribution >= 4 is 38.3 Å². The molecule has 1 atom stereocenters. The summed E-state index contributed by atoms with van der Waals surface area (Å²) < 4.78 is 43.1. The van der Waals surface area contributed by atoms with Gasteiger partial charge in [0.25, 0.3) is 0 Å². The molecule has 1 aliphatic rings. The number of sulfone groups is 1. The molecule has 43 heavy (non-hydrogen) atoms. The zero-order valence-electron chi connectivity index (χ0n) is 24.3. The first kappa shape index (κ1) is 29.8. The summed E-state index contributed by atoms with van der Waals surface area (Å²) in [5.41, 5.74) is 6.04. The number of rotatable bonds is 6. The van der Waals surface area contributed by atoms with Crippen LogP contribution in [0.25, 0.3) is 28.1 Å². The van der Waals surface area contributed by atoms with E-state index in [0.717, 1.165) is 10.8 Å². The number of pyridine rings is 2. The van der Waals surface area contributed by atoms with E-state index >= 15 is 4.39 Å². The number of halogens is 1. The number of fused-ring (bicyclic) bond motifs is 1. The van der Waals surface area contributed by atoms with E-state index in [0.29, 0.717) is 25.2 Å². The van der Waals surface area contributed by atoms with Gasteiger partial charge in [0.2, 0.25) is 5.91 Å². The molecule has 4 heterocycles. The van der Waals surface area contributed by atoms with E-state index in [1.54, 1.807) is 29.2 Å². The molecule has 1 saturated heterocycles.